The molecule has 0 unspecified atom stereocenters. The van der Waals surface area contributed by atoms with Crippen molar-refractivity contribution in [1.29, 1.82) is 0 Å². The van der Waals surface area contributed by atoms with Crippen molar-refractivity contribution in [3.63, 3.8) is 0 Å². The van der Waals surface area contributed by atoms with Crippen molar-refractivity contribution >= 4 is 11.8 Å². The maximum absolute atomic E-state index is 10.9. The summed E-state index contributed by atoms with van der Waals surface area (Å²) in [7, 11) is 0. The second-order valence-corrected chi connectivity index (χ2v) is 8.83. The fraction of sp³-hybridized carbons (Fsp3) is 0.308. The Labute approximate surface area is 188 Å². The predicted molar refractivity (Wildman–Crippen MR) is 123 cm³/mol. The minimum absolute atomic E-state index is 0.301. The smallest absolute Gasteiger partial charge is 0.136 e. The highest BCUT2D eigenvalue weighted by Gasteiger charge is 2.45. The molecule has 3 aromatic carbocycles. The highest BCUT2D eigenvalue weighted by Crippen LogP contribution is 2.36. The minimum Gasteiger partial charge on any atom is -0.388 e. The van der Waals surface area contributed by atoms with Crippen LogP contribution in [0.5, 0.6) is 0 Å². The molecule has 1 N–H and O–H groups in total. The molecule has 1 aliphatic rings. The van der Waals surface area contributed by atoms with Gasteiger partial charge in [0.05, 0.1) is 19.3 Å². The Morgan fingerprint density at radius 2 is 1.23 bits per heavy atom. The largest absolute Gasteiger partial charge is 0.388 e. The van der Waals surface area contributed by atoms with E-state index >= 15 is 0 Å². The first-order valence-electron chi connectivity index (χ1n) is 10.6. The predicted octanol–water partition coefficient (Wildman–Crippen LogP) is 5.06. The number of aliphatic hydroxyl groups excluding tert-OH is 1. The van der Waals surface area contributed by atoms with Crippen molar-refractivity contribution in [2.75, 3.05) is 0 Å². The summed E-state index contributed by atoms with van der Waals surface area (Å²) in [6, 6.07) is 30.1. The molecule has 0 spiro atoms. The van der Waals surface area contributed by atoms with E-state index in [0.717, 1.165) is 16.0 Å². The van der Waals surface area contributed by atoms with Gasteiger partial charge in [-0.1, -0.05) is 90.6 Å². The number of benzene rings is 3. The van der Waals surface area contributed by atoms with Crippen molar-refractivity contribution in [2.45, 2.75) is 54.9 Å². The Morgan fingerprint density at radius 1 is 0.742 bits per heavy atom. The minimum atomic E-state index is -0.780. The second-order valence-electron chi connectivity index (χ2n) is 7.65. The van der Waals surface area contributed by atoms with E-state index in [-0.39, 0.29) is 11.5 Å². The first-order valence-corrected chi connectivity index (χ1v) is 11.4. The van der Waals surface area contributed by atoms with Gasteiger partial charge in [-0.15, -0.1) is 0 Å². The van der Waals surface area contributed by atoms with Crippen molar-refractivity contribution in [2.24, 2.45) is 0 Å². The van der Waals surface area contributed by atoms with Crippen LogP contribution >= 0.6 is 11.8 Å². The zero-order valence-electron chi connectivity index (χ0n) is 17.5. The normalized spacial score (nSPS) is 25.9. The van der Waals surface area contributed by atoms with Crippen LogP contribution in [0, 0.1) is 0 Å². The molecule has 1 aliphatic heterocycles. The van der Waals surface area contributed by atoms with Crippen LogP contribution in [0.4, 0.5) is 0 Å². The molecule has 0 amide bonds. The van der Waals surface area contributed by atoms with Crippen LogP contribution in [0.25, 0.3) is 0 Å². The van der Waals surface area contributed by atoms with Crippen molar-refractivity contribution in [3.8, 4) is 0 Å². The molecule has 0 bridgehead atoms. The molecular formula is C26H28O4S. The summed E-state index contributed by atoms with van der Waals surface area (Å²) in [6.07, 6.45) is -2.08. The Bertz CT molecular complexity index is 906. The zero-order chi connectivity index (χ0) is 21.5. The van der Waals surface area contributed by atoms with Crippen LogP contribution in [0.1, 0.15) is 18.1 Å². The van der Waals surface area contributed by atoms with Crippen LogP contribution in [0.2, 0.25) is 0 Å². The molecule has 1 fully saturated rings. The van der Waals surface area contributed by atoms with Crippen molar-refractivity contribution < 1.29 is 19.3 Å². The lowest BCUT2D eigenvalue weighted by Crippen LogP contribution is -2.57. The summed E-state index contributed by atoms with van der Waals surface area (Å²) in [5.41, 5.74) is 1.83. The van der Waals surface area contributed by atoms with Gasteiger partial charge in [-0.2, -0.15) is 0 Å². The zero-order valence-corrected chi connectivity index (χ0v) is 18.4. The van der Waals surface area contributed by atoms with E-state index in [4.69, 9.17) is 14.2 Å². The van der Waals surface area contributed by atoms with Gasteiger partial charge in [-0.3, -0.25) is 0 Å². The number of hydrogen-bond acceptors (Lipinski definition) is 5. The summed E-state index contributed by atoms with van der Waals surface area (Å²) in [5.74, 6) is 0. The fourth-order valence-corrected chi connectivity index (χ4v) is 4.79. The van der Waals surface area contributed by atoms with E-state index in [1.165, 1.54) is 0 Å². The highest BCUT2D eigenvalue weighted by molar-refractivity contribution is 7.99. The first-order chi connectivity index (χ1) is 15.2. The number of thioether (sulfide) groups is 1. The molecule has 162 valence electrons. The number of ether oxygens (including phenoxy) is 3. The molecule has 0 radical (unpaired) electrons. The van der Waals surface area contributed by atoms with Crippen LogP contribution < -0.4 is 0 Å². The molecule has 0 saturated carbocycles. The van der Waals surface area contributed by atoms with Crippen LogP contribution in [-0.4, -0.2) is 35.0 Å². The topological polar surface area (TPSA) is 47.9 Å². The van der Waals surface area contributed by atoms with Crippen LogP contribution in [0.15, 0.2) is 95.9 Å². The van der Waals surface area contributed by atoms with Gasteiger partial charge < -0.3 is 19.3 Å². The summed E-state index contributed by atoms with van der Waals surface area (Å²) in [5, 5.41) is 10.9. The van der Waals surface area contributed by atoms with Crippen molar-refractivity contribution in [1.82, 2.24) is 0 Å². The van der Waals surface area contributed by atoms with Gasteiger partial charge in [0.25, 0.3) is 0 Å². The lowest BCUT2D eigenvalue weighted by molar-refractivity contribution is -0.228. The van der Waals surface area contributed by atoms with E-state index in [1.807, 2.05) is 85.8 Å². The lowest BCUT2D eigenvalue weighted by atomic mass is 10.00. The summed E-state index contributed by atoms with van der Waals surface area (Å²) < 4.78 is 18.8. The first kappa shape index (κ1) is 22.1. The van der Waals surface area contributed by atoms with E-state index in [9.17, 15) is 5.11 Å². The molecule has 1 saturated heterocycles. The Hall–Kier alpha value is -2.15. The highest BCUT2D eigenvalue weighted by atomic mass is 32.2. The summed E-state index contributed by atoms with van der Waals surface area (Å²) in [4.78, 5) is 1.09. The van der Waals surface area contributed by atoms with E-state index < -0.39 is 18.3 Å². The molecular weight excluding hydrogens is 408 g/mol. The third-order valence-electron chi connectivity index (χ3n) is 5.32. The van der Waals surface area contributed by atoms with Crippen LogP contribution in [0.3, 0.4) is 0 Å². The molecule has 4 rings (SSSR count). The van der Waals surface area contributed by atoms with Crippen LogP contribution in [-0.2, 0) is 27.4 Å². The quantitative estimate of drug-likeness (QED) is 0.535. The number of aliphatic hydroxyl groups is 1. The third-order valence-corrected chi connectivity index (χ3v) is 6.48. The lowest BCUT2D eigenvalue weighted by Gasteiger charge is -2.43. The summed E-state index contributed by atoms with van der Waals surface area (Å²) in [6.45, 7) is 2.71. The molecule has 3 aromatic rings. The Morgan fingerprint density at radius 3 is 1.77 bits per heavy atom. The SMILES string of the molecule is C[C@@H]1O[C@@H](Sc2ccccc2)[C@H](OCc2ccccc2)[C@@H](OCc2ccccc2)[C@@H]1O. The average Bonchev–Trinajstić information content (AvgIpc) is 2.81. The molecule has 0 aliphatic carbocycles. The van der Waals surface area contributed by atoms with E-state index in [1.54, 1.807) is 11.8 Å². The van der Waals surface area contributed by atoms with E-state index in [2.05, 4.69) is 12.1 Å². The van der Waals surface area contributed by atoms with Gasteiger partial charge in [0.15, 0.2) is 0 Å². The van der Waals surface area contributed by atoms with Gasteiger partial charge in [-0.05, 0) is 30.2 Å². The summed E-state index contributed by atoms with van der Waals surface area (Å²) >= 11 is 1.60. The maximum atomic E-state index is 10.9. The van der Waals surface area contributed by atoms with Gasteiger partial charge >= 0.3 is 0 Å². The van der Waals surface area contributed by atoms with E-state index in [0.29, 0.717) is 13.2 Å². The second kappa shape index (κ2) is 10.9. The standard InChI is InChI=1S/C26H28O4S/c1-19-23(27)24(28-17-20-11-5-2-6-12-20)25(29-18-21-13-7-3-8-14-21)26(30-19)31-22-15-9-4-10-16-22/h2-16,19,23-27H,17-18H2,1H3/t19-,23+,24-,25+,26-/m0/s1. The molecule has 31 heavy (non-hydrogen) atoms. The van der Waals surface area contributed by atoms with Gasteiger partial charge in [0, 0.05) is 4.90 Å². The average molecular weight is 437 g/mol. The Kier molecular flexibility index (Phi) is 7.78. The van der Waals surface area contributed by atoms with Gasteiger partial charge in [0.2, 0.25) is 0 Å². The number of rotatable bonds is 8. The fourth-order valence-electron chi connectivity index (χ4n) is 3.61. The van der Waals surface area contributed by atoms with Crippen molar-refractivity contribution in [3.05, 3.63) is 102 Å². The third kappa shape index (κ3) is 5.97. The molecule has 0 aromatic heterocycles. The Balaban J connectivity index is 1.54. The number of hydrogen-bond donors (Lipinski definition) is 1. The molecule has 4 nitrogen and oxygen atoms in total. The molecule has 5 heteroatoms. The van der Waals surface area contributed by atoms with Gasteiger partial charge in [-0.25, -0.2) is 0 Å². The monoisotopic (exact) mass is 436 g/mol. The van der Waals surface area contributed by atoms with Gasteiger partial charge in [0.1, 0.15) is 23.7 Å². The molecule has 1 heterocycles. The molecule has 5 atom stereocenters. The maximum Gasteiger partial charge on any atom is 0.136 e.